The van der Waals surface area contributed by atoms with E-state index in [1.807, 2.05) is 164 Å². The molecule has 6 rings (SSSR count). The number of rotatable bonds is 9. The molecule has 0 unspecified atom stereocenters. The van der Waals surface area contributed by atoms with E-state index in [9.17, 15) is 41.4 Å². The molecule has 20 heteroatoms. The van der Waals surface area contributed by atoms with E-state index >= 15 is 0 Å². The van der Waals surface area contributed by atoms with Gasteiger partial charge in [-0.25, -0.2) is 0 Å². The van der Waals surface area contributed by atoms with Crippen molar-refractivity contribution in [2.75, 3.05) is 26.3 Å². The zero-order chi connectivity index (χ0) is 46.8. The van der Waals surface area contributed by atoms with Crippen molar-refractivity contribution in [3.8, 4) is 0 Å². The zero-order valence-corrected chi connectivity index (χ0v) is 40.3. The maximum atomic E-state index is 9.87. The Morgan fingerprint density at radius 2 is 0.508 bits per heavy atom. The van der Waals surface area contributed by atoms with Gasteiger partial charge in [0.15, 0.2) is 0 Å². The molecule has 4 nitrogen and oxygen atoms in total. The number of halogens is 14. The van der Waals surface area contributed by atoms with Crippen LogP contribution in [0, 0.1) is 16.2 Å². The van der Waals surface area contributed by atoms with Crippen molar-refractivity contribution in [1.82, 2.24) is 0 Å². The number of hydrogen-bond donors (Lipinski definition) is 3. The summed E-state index contributed by atoms with van der Waals surface area (Å²) in [6, 6.07) is 52.9. The monoisotopic (exact) mass is 1100 g/mol. The Morgan fingerprint density at radius 1 is 0.349 bits per heavy atom. The van der Waals surface area contributed by atoms with Gasteiger partial charge in [0.05, 0.1) is 55.6 Å². The molecule has 0 aliphatic carbocycles. The summed E-state index contributed by atoms with van der Waals surface area (Å²) in [5, 5.41) is 28.6. The normalized spacial score (nSPS) is 11.0. The standard InChI is InChI=1S/C39H30N4.4CH2Cl2.Cu.F6P/c40-37(28-16-4-1-5-17-28)31-22-10-13-25-34(31)43(35-26-14-11-23-32(35)38(41)29-18-6-2-7-19-29)36-27-15-12-24-33(36)39(42)30-20-8-3-9-21-30;4*2-1-3;;1-7(2,3,4,5)6/h1-27,40-42H;4*1H2;;/q;;;;;+1;-1. The van der Waals surface area contributed by atoms with E-state index in [1.165, 1.54) is 0 Å². The van der Waals surface area contributed by atoms with E-state index < -0.39 is 7.81 Å². The van der Waals surface area contributed by atoms with Crippen LogP contribution in [0.3, 0.4) is 0 Å². The summed E-state index contributed by atoms with van der Waals surface area (Å²) >= 11 is 38.1. The first-order valence-electron chi connectivity index (χ1n) is 17.3. The van der Waals surface area contributed by atoms with Crippen LogP contribution in [0.25, 0.3) is 0 Å². The first-order chi connectivity index (χ1) is 29.2. The molecule has 0 fully saturated rings. The molecule has 0 bridgehead atoms. The molecule has 0 atom stereocenters. The Kier molecular flexibility index (Phi) is 28.1. The second-order valence-corrected chi connectivity index (χ2v) is 16.6. The van der Waals surface area contributed by atoms with Crippen molar-refractivity contribution in [2.45, 2.75) is 0 Å². The van der Waals surface area contributed by atoms with E-state index in [0.29, 0.717) is 17.1 Å². The molecule has 63 heavy (non-hydrogen) atoms. The van der Waals surface area contributed by atoms with Crippen molar-refractivity contribution >= 4 is 135 Å². The third-order valence-corrected chi connectivity index (χ3v) is 7.43. The van der Waals surface area contributed by atoms with Gasteiger partial charge in [-0.1, -0.05) is 146 Å². The Morgan fingerprint density at radius 3 is 0.698 bits per heavy atom. The van der Waals surface area contributed by atoms with Gasteiger partial charge in [-0.2, -0.15) is 0 Å². The molecule has 0 saturated heterocycles. The minimum atomic E-state index is -10.7. The molecule has 0 aliphatic heterocycles. The summed E-state index contributed by atoms with van der Waals surface area (Å²) < 4.78 is 59.2. The second kappa shape index (κ2) is 29.5. The van der Waals surface area contributed by atoms with Crippen LogP contribution >= 0.6 is 101 Å². The van der Waals surface area contributed by atoms with E-state index in [-0.39, 0.29) is 38.4 Å². The van der Waals surface area contributed by atoms with Gasteiger partial charge < -0.3 is 4.90 Å². The number of anilines is 3. The smallest absolute Gasteiger partial charge is 0.308 e. The maximum absolute atomic E-state index is 10.7. The van der Waals surface area contributed by atoms with Crippen molar-refractivity contribution in [2.24, 2.45) is 0 Å². The Bertz CT molecular complexity index is 2030. The van der Waals surface area contributed by atoms with Crippen LogP contribution in [-0.4, -0.2) is 38.5 Å². The van der Waals surface area contributed by atoms with E-state index in [4.69, 9.17) is 92.8 Å². The predicted octanol–water partition coefficient (Wildman–Crippen LogP) is 18.5. The average Bonchev–Trinajstić information content (AvgIpc) is 3.24. The summed E-state index contributed by atoms with van der Waals surface area (Å²) in [5.74, 6) is 0. The summed E-state index contributed by atoms with van der Waals surface area (Å²) in [6.07, 6.45) is 0. The van der Waals surface area contributed by atoms with Gasteiger partial charge in [-0.05, 0) is 18.2 Å². The largest absolute Gasteiger partial charge is 1.00 e. The fourth-order valence-electron chi connectivity index (χ4n) is 5.31. The summed E-state index contributed by atoms with van der Waals surface area (Å²) in [6.45, 7) is 0. The predicted molar refractivity (Wildman–Crippen MR) is 258 cm³/mol. The van der Waals surface area contributed by atoms with E-state index in [0.717, 1.165) is 50.4 Å². The first kappa shape index (κ1) is 60.0. The summed E-state index contributed by atoms with van der Waals surface area (Å²) in [4.78, 5) is 2.10. The van der Waals surface area contributed by atoms with Gasteiger partial charge in [-0.3, -0.25) is 16.2 Å². The minimum absolute atomic E-state index is 0. The van der Waals surface area contributed by atoms with Crippen LogP contribution < -0.4 is 4.90 Å². The quantitative estimate of drug-likeness (QED) is 0.0436. The Balaban J connectivity index is 0.00000164. The molecule has 0 saturated carbocycles. The third kappa shape index (κ3) is 23.7. The van der Waals surface area contributed by atoms with Gasteiger partial charge >= 0.3 is 50.1 Å². The number of alkyl halides is 8. The Hall–Kier alpha value is -3.02. The third-order valence-electron chi connectivity index (χ3n) is 7.43. The average molecular weight is 1100 g/mol. The fraction of sp³-hybridized carbons (Fsp3) is 0.0930. The molecule has 0 aromatic heterocycles. The number of benzene rings is 6. The van der Waals surface area contributed by atoms with Crippen LogP contribution in [0.15, 0.2) is 164 Å². The molecule has 6 aromatic carbocycles. The van der Waals surface area contributed by atoms with Gasteiger partial charge in [0.2, 0.25) is 0 Å². The fourth-order valence-corrected chi connectivity index (χ4v) is 5.31. The van der Waals surface area contributed by atoms with Crippen LogP contribution in [0.1, 0.15) is 33.4 Å². The molecular formula is C43H38Cl8CuF6N4P. The van der Waals surface area contributed by atoms with Crippen LogP contribution in [0.2, 0.25) is 0 Å². The van der Waals surface area contributed by atoms with Crippen molar-refractivity contribution in [3.63, 3.8) is 0 Å². The Labute approximate surface area is 413 Å². The van der Waals surface area contributed by atoms with Gasteiger partial charge in [-0.15, -0.1) is 92.8 Å². The van der Waals surface area contributed by atoms with E-state index in [1.54, 1.807) is 0 Å². The minimum Gasteiger partial charge on any atom is -0.308 e. The zero-order valence-electron chi connectivity index (χ0n) is 32.4. The molecule has 6 aromatic rings. The van der Waals surface area contributed by atoms with E-state index in [2.05, 4.69) is 4.90 Å². The number of nitrogens with one attached hydrogen (secondary N) is 3. The molecule has 0 radical (unpaired) electrons. The number of para-hydroxylation sites is 3. The molecule has 0 spiro atoms. The summed E-state index contributed by atoms with van der Waals surface area (Å²) in [7, 11) is -10.7. The van der Waals surface area contributed by atoms with Gasteiger partial charge in [0, 0.05) is 33.4 Å². The van der Waals surface area contributed by atoms with Crippen LogP contribution in [0.5, 0.6) is 0 Å². The van der Waals surface area contributed by atoms with Crippen molar-refractivity contribution in [1.29, 1.82) is 16.2 Å². The SMILES string of the molecule is ClCCl.ClCCl.ClCCl.ClCCl.F[P-](F)(F)(F)(F)F.N=C(c1ccccc1)c1ccccc1N(c1ccccc1C(=N)c1ccccc1)c1ccccc1C(=N)c1ccccc1.[Cu+]. The number of nitrogens with zero attached hydrogens (tertiary/aromatic N) is 1. The molecule has 0 aliphatic rings. The van der Waals surface area contributed by atoms with Crippen LogP contribution in [0.4, 0.5) is 42.2 Å². The topological polar surface area (TPSA) is 74.8 Å². The molecular weight excluding hydrogens is 1060 g/mol. The second-order valence-electron chi connectivity index (χ2n) is 11.5. The molecule has 0 heterocycles. The number of hydrogen-bond acceptors (Lipinski definition) is 4. The van der Waals surface area contributed by atoms with Gasteiger partial charge in [0.25, 0.3) is 0 Å². The molecule has 344 valence electrons. The molecule has 3 N–H and O–H groups in total. The van der Waals surface area contributed by atoms with Crippen molar-refractivity contribution < 1.29 is 42.3 Å². The van der Waals surface area contributed by atoms with Gasteiger partial charge in [0.1, 0.15) is 0 Å². The maximum Gasteiger partial charge on any atom is 1.00 e. The molecule has 0 amide bonds. The van der Waals surface area contributed by atoms with Crippen LogP contribution in [-0.2, 0) is 17.1 Å². The first-order valence-corrected chi connectivity index (χ1v) is 23.6. The summed E-state index contributed by atoms with van der Waals surface area (Å²) in [5.41, 5.74) is 8.23. The van der Waals surface area contributed by atoms with Crippen molar-refractivity contribution in [3.05, 3.63) is 197 Å².